The number of rotatable bonds is 9. The first kappa shape index (κ1) is 40.9. The van der Waals surface area contributed by atoms with E-state index in [0.717, 1.165) is 25.0 Å². The molecule has 4 N–H and O–H groups in total. The number of aliphatic hydroxyl groups is 1. The Hall–Kier alpha value is -4.73. The van der Waals surface area contributed by atoms with E-state index >= 15 is 0 Å². The number of unbranched alkanes of at least 4 members (excludes halogenated alkanes) is 2. The SMILES string of the molecule is CCCC/C=C/C(=O)N[C@@H](Cc1cc(F)cc(F)c1)C(=O)N[C@H]1CC2C(=O)C23C[C@@H](C)CN3C(=O)[C@H](C)NC(=O)[C@@H]2CCCCN2C(=O)[C@@H]2C[C@@H](O)CN2C1=O. The van der Waals surface area contributed by atoms with Crippen molar-refractivity contribution in [2.75, 3.05) is 19.6 Å². The number of piperidine rings is 1. The van der Waals surface area contributed by atoms with E-state index in [4.69, 9.17) is 0 Å². The number of hydrogen-bond acceptors (Lipinski definition) is 8. The number of amides is 6. The van der Waals surface area contributed by atoms with Crippen molar-refractivity contribution in [2.45, 2.75) is 127 Å². The molecular formula is C40H52F2N6O8. The highest BCUT2D eigenvalue weighted by atomic mass is 19.1. The number of hydrogen-bond donors (Lipinski definition) is 4. The van der Waals surface area contributed by atoms with Crippen LogP contribution in [0.25, 0.3) is 0 Å². The van der Waals surface area contributed by atoms with Crippen LogP contribution in [0.1, 0.15) is 84.1 Å². The Balaban J connectivity index is 1.36. The maximum Gasteiger partial charge on any atom is 0.246 e. The largest absolute Gasteiger partial charge is 0.391 e. The molecule has 4 heterocycles. The maximum atomic E-state index is 14.7. The maximum absolute atomic E-state index is 14.7. The zero-order chi connectivity index (χ0) is 40.5. The number of benzene rings is 1. The molecule has 9 atom stereocenters. The number of aliphatic hydroxyl groups excluding tert-OH is 1. The van der Waals surface area contributed by atoms with Gasteiger partial charge in [-0.25, -0.2) is 8.78 Å². The molecule has 2 unspecified atom stereocenters. The van der Waals surface area contributed by atoms with Gasteiger partial charge < -0.3 is 35.8 Å². The summed E-state index contributed by atoms with van der Waals surface area (Å²) in [7, 11) is 0. The summed E-state index contributed by atoms with van der Waals surface area (Å²) >= 11 is 0. The molecule has 4 saturated heterocycles. The van der Waals surface area contributed by atoms with Gasteiger partial charge in [-0.05, 0) is 75.1 Å². The Kier molecular flexibility index (Phi) is 12.3. The van der Waals surface area contributed by atoms with E-state index in [0.29, 0.717) is 38.2 Å². The minimum Gasteiger partial charge on any atom is -0.391 e. The smallest absolute Gasteiger partial charge is 0.246 e. The van der Waals surface area contributed by atoms with Gasteiger partial charge in [0.25, 0.3) is 0 Å². The van der Waals surface area contributed by atoms with Gasteiger partial charge in [-0.1, -0.05) is 32.8 Å². The Morgan fingerprint density at radius 2 is 1.71 bits per heavy atom. The molecule has 6 rings (SSSR count). The molecule has 0 radical (unpaired) electrons. The fourth-order valence-corrected chi connectivity index (χ4v) is 9.12. The van der Waals surface area contributed by atoms with Gasteiger partial charge in [0.1, 0.15) is 47.4 Å². The number of Topliss-reactive ketones (excluding diaryl/α,β-unsaturated/α-hetero) is 1. The normalized spacial score (nSPS) is 31.5. The second kappa shape index (κ2) is 16.8. The van der Waals surface area contributed by atoms with E-state index in [-0.39, 0.29) is 56.2 Å². The number of nitrogens with one attached hydrogen (secondary N) is 3. The van der Waals surface area contributed by atoms with Crippen LogP contribution in [-0.2, 0) is 40.0 Å². The third-order valence-electron chi connectivity index (χ3n) is 11.9. The van der Waals surface area contributed by atoms with E-state index in [1.807, 2.05) is 13.8 Å². The fraction of sp³-hybridized carbons (Fsp3) is 0.625. The molecular weight excluding hydrogens is 730 g/mol. The van der Waals surface area contributed by atoms with E-state index in [9.17, 15) is 47.4 Å². The van der Waals surface area contributed by atoms with Crippen LogP contribution < -0.4 is 16.0 Å². The third kappa shape index (κ3) is 8.35. The van der Waals surface area contributed by atoms with Crippen LogP contribution in [0.4, 0.5) is 8.78 Å². The predicted molar refractivity (Wildman–Crippen MR) is 197 cm³/mol. The monoisotopic (exact) mass is 782 g/mol. The quantitative estimate of drug-likeness (QED) is 0.213. The van der Waals surface area contributed by atoms with E-state index < -0.39 is 94.8 Å². The summed E-state index contributed by atoms with van der Waals surface area (Å²) in [4.78, 5) is 102. The van der Waals surface area contributed by atoms with Crippen molar-refractivity contribution in [3.63, 3.8) is 0 Å². The second-order valence-corrected chi connectivity index (χ2v) is 16.2. The van der Waals surface area contributed by atoms with Gasteiger partial charge >= 0.3 is 0 Å². The molecule has 0 bridgehead atoms. The summed E-state index contributed by atoms with van der Waals surface area (Å²) in [5, 5.41) is 18.9. The van der Waals surface area contributed by atoms with Gasteiger partial charge in [0.15, 0.2) is 5.78 Å². The number of carbonyl (C=O) groups is 7. The van der Waals surface area contributed by atoms with Crippen LogP contribution in [0.2, 0.25) is 0 Å². The van der Waals surface area contributed by atoms with Gasteiger partial charge in [0.05, 0.1) is 12.0 Å². The zero-order valence-corrected chi connectivity index (χ0v) is 32.1. The molecule has 16 heteroatoms. The lowest BCUT2D eigenvalue weighted by Gasteiger charge is -2.38. The van der Waals surface area contributed by atoms with Crippen LogP contribution >= 0.6 is 0 Å². The minimum absolute atomic E-state index is 0.0541. The molecule has 5 aliphatic rings. The zero-order valence-electron chi connectivity index (χ0n) is 32.1. The van der Waals surface area contributed by atoms with Crippen molar-refractivity contribution in [3.05, 3.63) is 47.5 Å². The average Bonchev–Trinajstić information content (AvgIpc) is 3.40. The highest BCUT2D eigenvalue weighted by Gasteiger charge is 2.72. The van der Waals surface area contributed by atoms with Crippen LogP contribution in [-0.4, -0.2) is 123 Å². The molecule has 5 fully saturated rings. The highest BCUT2D eigenvalue weighted by molar-refractivity contribution is 6.12. The Bertz CT molecular complexity index is 1770. The van der Waals surface area contributed by atoms with Crippen molar-refractivity contribution >= 4 is 41.2 Å². The molecule has 14 nitrogen and oxygen atoms in total. The molecule has 6 amide bonds. The summed E-state index contributed by atoms with van der Waals surface area (Å²) in [5.74, 6) is -6.97. The van der Waals surface area contributed by atoms with Gasteiger partial charge in [0.2, 0.25) is 35.4 Å². The highest BCUT2D eigenvalue weighted by Crippen LogP contribution is 2.55. The molecule has 1 aliphatic carbocycles. The molecule has 304 valence electrons. The molecule has 0 aromatic heterocycles. The molecule has 1 saturated carbocycles. The van der Waals surface area contributed by atoms with E-state index in [1.54, 1.807) is 6.08 Å². The first-order valence-corrected chi connectivity index (χ1v) is 19.8. The number of carbonyl (C=O) groups excluding carboxylic acids is 7. The minimum atomic E-state index is -1.48. The van der Waals surface area contributed by atoms with Crippen LogP contribution in [0.5, 0.6) is 0 Å². The van der Waals surface area contributed by atoms with Gasteiger partial charge in [-0.3, -0.25) is 33.6 Å². The fourth-order valence-electron chi connectivity index (χ4n) is 9.12. The third-order valence-corrected chi connectivity index (χ3v) is 11.9. The lowest BCUT2D eigenvalue weighted by atomic mass is 9.98. The number of ketones is 1. The summed E-state index contributed by atoms with van der Waals surface area (Å²) < 4.78 is 28.5. The van der Waals surface area contributed by atoms with Crippen molar-refractivity contribution in [2.24, 2.45) is 11.8 Å². The average molecular weight is 783 g/mol. The van der Waals surface area contributed by atoms with Gasteiger partial charge in [-0.2, -0.15) is 0 Å². The van der Waals surface area contributed by atoms with Crippen LogP contribution in [0.15, 0.2) is 30.4 Å². The Labute approximate surface area is 324 Å². The Morgan fingerprint density at radius 1 is 0.982 bits per heavy atom. The molecule has 4 aliphatic heterocycles. The molecule has 1 aromatic carbocycles. The van der Waals surface area contributed by atoms with E-state index in [2.05, 4.69) is 16.0 Å². The lowest BCUT2D eigenvalue weighted by Crippen LogP contribution is -2.60. The molecule has 1 spiro atoms. The summed E-state index contributed by atoms with van der Waals surface area (Å²) in [6.07, 6.45) is 5.20. The van der Waals surface area contributed by atoms with Crippen molar-refractivity contribution < 1.29 is 47.4 Å². The van der Waals surface area contributed by atoms with Gasteiger partial charge in [0, 0.05) is 38.5 Å². The molecule has 56 heavy (non-hydrogen) atoms. The first-order valence-electron chi connectivity index (χ1n) is 19.8. The van der Waals surface area contributed by atoms with Crippen molar-refractivity contribution in [3.8, 4) is 0 Å². The summed E-state index contributed by atoms with van der Waals surface area (Å²) in [6.45, 7) is 5.59. The number of nitrogens with zero attached hydrogens (tertiary/aromatic N) is 3. The van der Waals surface area contributed by atoms with Crippen molar-refractivity contribution in [1.29, 1.82) is 0 Å². The predicted octanol–water partition coefficient (Wildman–Crippen LogP) is 1.28. The van der Waals surface area contributed by atoms with Gasteiger partial charge in [-0.15, -0.1) is 0 Å². The molecule has 1 aromatic rings. The van der Waals surface area contributed by atoms with Crippen LogP contribution in [0, 0.1) is 23.5 Å². The lowest BCUT2D eigenvalue weighted by molar-refractivity contribution is -0.151. The van der Waals surface area contributed by atoms with Crippen LogP contribution in [0.3, 0.4) is 0 Å². The number of allylic oxidation sites excluding steroid dienone is 1. The second-order valence-electron chi connectivity index (χ2n) is 16.2. The number of fused-ring (bicyclic) bond motifs is 2. The Morgan fingerprint density at radius 3 is 2.43 bits per heavy atom. The van der Waals surface area contributed by atoms with Crippen molar-refractivity contribution in [1.82, 2.24) is 30.7 Å². The number of halogens is 2. The summed E-state index contributed by atoms with van der Waals surface area (Å²) in [5.41, 5.74) is -1.23. The van der Waals surface area contributed by atoms with E-state index in [1.165, 1.54) is 27.7 Å². The standard InChI is InChI=1S/C40H52F2N6O8/c1-4-5-6-7-11-33(50)44-29(15-24-13-25(41)16-26(42)14-24)35(52)45-30-18-28-34(51)40(28)19-22(2)20-48(40)37(54)23(3)43-36(53)31-10-8-9-12-46(31)39(56)32-17-27(49)21-47(32)38(30)55/h7,11,13-14,16,22-23,27-32,49H,4-6,8-10,12,15,17-21H2,1-3H3,(H,43,53)(H,44,50)(H,45,52)/b11-7+/t22-,23+,27-,28?,29+,30+,31+,32+,40?/m1/s1. The first-order chi connectivity index (χ1) is 26.6. The topological polar surface area (TPSA) is 186 Å². The summed E-state index contributed by atoms with van der Waals surface area (Å²) in [6, 6.07) is -3.35.